The van der Waals surface area contributed by atoms with Crippen molar-refractivity contribution >= 4 is 29.8 Å². The van der Waals surface area contributed by atoms with Crippen LogP contribution in [0, 0.1) is 6.92 Å². The van der Waals surface area contributed by atoms with Crippen molar-refractivity contribution in [1.82, 2.24) is 15.1 Å². The molecular formula is C19H24N4O4. The number of carbonyl (C=O) groups is 4. The molecule has 27 heavy (non-hydrogen) atoms. The molecule has 2 heterocycles. The molecule has 2 saturated heterocycles. The van der Waals surface area contributed by atoms with Gasteiger partial charge in [0.2, 0.25) is 18.2 Å². The van der Waals surface area contributed by atoms with Crippen LogP contribution in [0.25, 0.3) is 0 Å². The molecule has 0 spiro atoms. The Morgan fingerprint density at radius 1 is 1.22 bits per heavy atom. The van der Waals surface area contributed by atoms with Gasteiger partial charge in [-0.25, -0.2) is 0 Å². The van der Waals surface area contributed by atoms with Crippen molar-refractivity contribution in [2.75, 3.05) is 38.1 Å². The monoisotopic (exact) mass is 372 g/mol. The third-order valence-corrected chi connectivity index (χ3v) is 5.27. The summed E-state index contributed by atoms with van der Waals surface area (Å²) in [4.78, 5) is 53.4. The lowest BCUT2D eigenvalue weighted by atomic mass is 10.0. The number of carbonyl (C=O) groups excluding carboxylic acids is 4. The molecule has 4 amide bonds. The van der Waals surface area contributed by atoms with E-state index in [-0.39, 0.29) is 18.7 Å². The van der Waals surface area contributed by atoms with Crippen molar-refractivity contribution in [3.05, 3.63) is 29.3 Å². The second-order valence-electron chi connectivity index (χ2n) is 7.02. The number of nitrogens with one attached hydrogen (secondary N) is 1. The number of piperidine rings is 1. The Kier molecular flexibility index (Phi) is 5.55. The van der Waals surface area contributed by atoms with Crippen LogP contribution >= 0.6 is 0 Å². The van der Waals surface area contributed by atoms with E-state index < -0.39 is 17.9 Å². The highest BCUT2D eigenvalue weighted by molar-refractivity contribution is 6.08. The number of imide groups is 2. The third kappa shape index (κ3) is 3.85. The second-order valence-corrected chi connectivity index (χ2v) is 7.02. The summed E-state index contributed by atoms with van der Waals surface area (Å²) in [5, 5.41) is 2.19. The molecule has 1 aromatic carbocycles. The van der Waals surface area contributed by atoms with Crippen LogP contribution in [0.4, 0.5) is 5.69 Å². The highest BCUT2D eigenvalue weighted by Gasteiger charge is 2.35. The molecular weight excluding hydrogens is 348 g/mol. The molecule has 1 unspecified atom stereocenters. The number of hydrogen-bond acceptors (Lipinski definition) is 6. The average molecular weight is 372 g/mol. The molecule has 0 saturated carbocycles. The molecule has 2 aliphatic rings. The Bertz CT molecular complexity index is 771. The molecule has 0 radical (unpaired) electrons. The van der Waals surface area contributed by atoms with Gasteiger partial charge in [0.1, 0.15) is 6.04 Å². The largest absolute Gasteiger partial charge is 0.369 e. The van der Waals surface area contributed by atoms with Crippen LogP contribution in [0.3, 0.4) is 0 Å². The second kappa shape index (κ2) is 7.87. The van der Waals surface area contributed by atoms with Crippen LogP contribution in [0.2, 0.25) is 0 Å². The van der Waals surface area contributed by atoms with E-state index >= 15 is 0 Å². The quantitative estimate of drug-likeness (QED) is 0.598. The SMILES string of the molecule is Cc1c(C(=O)N(C=O)C2CCC(=O)NC2=O)cccc1N1CCN(C)CC1. The summed E-state index contributed by atoms with van der Waals surface area (Å²) in [6, 6.07) is 4.47. The Morgan fingerprint density at radius 3 is 2.56 bits per heavy atom. The summed E-state index contributed by atoms with van der Waals surface area (Å²) in [6.07, 6.45) is 0.630. The summed E-state index contributed by atoms with van der Waals surface area (Å²) in [5.74, 6) is -1.52. The number of amides is 4. The minimum Gasteiger partial charge on any atom is -0.369 e. The predicted molar refractivity (Wildman–Crippen MR) is 99.3 cm³/mol. The molecule has 144 valence electrons. The van der Waals surface area contributed by atoms with Crippen LogP contribution in [0.5, 0.6) is 0 Å². The molecule has 0 aromatic heterocycles. The van der Waals surface area contributed by atoms with E-state index in [4.69, 9.17) is 0 Å². The number of rotatable bonds is 4. The molecule has 2 fully saturated rings. The van der Waals surface area contributed by atoms with E-state index in [1.54, 1.807) is 12.1 Å². The maximum absolute atomic E-state index is 13.0. The Balaban J connectivity index is 1.85. The Morgan fingerprint density at radius 2 is 1.93 bits per heavy atom. The van der Waals surface area contributed by atoms with E-state index in [9.17, 15) is 19.2 Å². The number of likely N-dealkylation sites (N-methyl/N-ethyl adjacent to an activating group) is 1. The highest BCUT2D eigenvalue weighted by Crippen LogP contribution is 2.26. The summed E-state index contributed by atoms with van der Waals surface area (Å²) in [5.41, 5.74) is 2.14. The van der Waals surface area contributed by atoms with Crippen molar-refractivity contribution in [2.45, 2.75) is 25.8 Å². The van der Waals surface area contributed by atoms with Crippen molar-refractivity contribution in [3.63, 3.8) is 0 Å². The van der Waals surface area contributed by atoms with E-state index in [0.29, 0.717) is 12.0 Å². The average Bonchev–Trinajstić information content (AvgIpc) is 2.65. The standard InChI is InChI=1S/C19H24N4O4/c1-13-14(4-3-5-15(13)22-10-8-21(2)9-11-22)19(27)23(12-24)16-6-7-17(25)20-18(16)26/h3-5,12,16H,6-11H2,1-2H3,(H,20,25,26). The van der Waals surface area contributed by atoms with Gasteiger partial charge in [-0.3, -0.25) is 29.4 Å². The molecule has 1 aromatic rings. The van der Waals surface area contributed by atoms with Crippen LogP contribution in [-0.2, 0) is 14.4 Å². The zero-order valence-corrected chi connectivity index (χ0v) is 15.6. The number of benzene rings is 1. The Labute approximate surface area is 158 Å². The van der Waals surface area contributed by atoms with Crippen LogP contribution < -0.4 is 10.2 Å². The summed E-state index contributed by atoms with van der Waals surface area (Å²) in [6.45, 7) is 5.45. The van der Waals surface area contributed by atoms with Crippen LogP contribution in [0.15, 0.2) is 18.2 Å². The maximum atomic E-state index is 13.0. The molecule has 3 rings (SSSR count). The van der Waals surface area contributed by atoms with Gasteiger partial charge in [0, 0.05) is 43.9 Å². The molecule has 8 heteroatoms. The number of piperazine rings is 1. The van der Waals surface area contributed by atoms with Gasteiger partial charge >= 0.3 is 0 Å². The smallest absolute Gasteiger partial charge is 0.261 e. The maximum Gasteiger partial charge on any atom is 0.261 e. The van der Waals surface area contributed by atoms with Gasteiger partial charge in [0.15, 0.2) is 0 Å². The first kappa shape index (κ1) is 19.0. The highest BCUT2D eigenvalue weighted by atomic mass is 16.2. The first-order valence-corrected chi connectivity index (χ1v) is 9.07. The van der Waals surface area contributed by atoms with Gasteiger partial charge in [-0.15, -0.1) is 0 Å². The first-order valence-electron chi connectivity index (χ1n) is 9.07. The van der Waals surface area contributed by atoms with Crippen molar-refractivity contribution < 1.29 is 19.2 Å². The zero-order valence-electron chi connectivity index (χ0n) is 15.6. The van der Waals surface area contributed by atoms with Crippen molar-refractivity contribution in [3.8, 4) is 0 Å². The van der Waals surface area contributed by atoms with E-state index in [1.165, 1.54) is 0 Å². The summed E-state index contributed by atoms with van der Waals surface area (Å²) in [7, 11) is 2.08. The van der Waals surface area contributed by atoms with Crippen LogP contribution in [0.1, 0.15) is 28.8 Å². The molecule has 8 nitrogen and oxygen atoms in total. The fourth-order valence-corrected chi connectivity index (χ4v) is 3.59. The minimum absolute atomic E-state index is 0.106. The zero-order chi connectivity index (χ0) is 19.6. The molecule has 1 atom stereocenters. The number of anilines is 1. The van der Waals surface area contributed by atoms with Gasteiger partial charge in [-0.1, -0.05) is 6.07 Å². The lowest BCUT2D eigenvalue weighted by Gasteiger charge is -2.35. The van der Waals surface area contributed by atoms with Crippen LogP contribution in [-0.4, -0.2) is 73.2 Å². The third-order valence-electron chi connectivity index (χ3n) is 5.27. The van der Waals surface area contributed by atoms with Crippen molar-refractivity contribution in [1.29, 1.82) is 0 Å². The Hall–Kier alpha value is -2.74. The predicted octanol–water partition coefficient (Wildman–Crippen LogP) is 0.151. The first-order chi connectivity index (χ1) is 12.9. The van der Waals surface area contributed by atoms with E-state index in [2.05, 4.69) is 22.2 Å². The number of nitrogens with zero attached hydrogens (tertiary/aromatic N) is 3. The molecule has 2 aliphatic heterocycles. The van der Waals surface area contributed by atoms with E-state index in [1.807, 2.05) is 13.0 Å². The lowest BCUT2D eigenvalue weighted by molar-refractivity contribution is -0.139. The fraction of sp³-hybridized carbons (Fsp3) is 0.474. The minimum atomic E-state index is -0.959. The van der Waals surface area contributed by atoms with Crippen molar-refractivity contribution in [2.24, 2.45) is 0 Å². The summed E-state index contributed by atoms with van der Waals surface area (Å²) < 4.78 is 0. The lowest BCUT2D eigenvalue weighted by Crippen LogP contribution is -2.54. The van der Waals surface area contributed by atoms with Gasteiger partial charge < -0.3 is 9.80 Å². The van der Waals surface area contributed by atoms with Gasteiger partial charge in [-0.05, 0) is 38.1 Å². The van der Waals surface area contributed by atoms with E-state index in [0.717, 1.165) is 42.3 Å². The van der Waals surface area contributed by atoms with Gasteiger partial charge in [-0.2, -0.15) is 0 Å². The molecule has 1 N–H and O–H groups in total. The molecule has 0 bridgehead atoms. The number of hydrogen-bond donors (Lipinski definition) is 1. The summed E-state index contributed by atoms with van der Waals surface area (Å²) >= 11 is 0. The van der Waals surface area contributed by atoms with Gasteiger partial charge in [0.25, 0.3) is 5.91 Å². The van der Waals surface area contributed by atoms with Gasteiger partial charge in [0.05, 0.1) is 0 Å². The fourth-order valence-electron chi connectivity index (χ4n) is 3.59. The topological polar surface area (TPSA) is 90.0 Å². The normalized spacial score (nSPS) is 21.0. The molecule has 0 aliphatic carbocycles.